The molecular weight excluding hydrogens is 266 g/mol. The number of para-hydroxylation sites is 1. The van der Waals surface area contributed by atoms with Crippen LogP contribution in [0.15, 0.2) is 53.6 Å². The number of phenolic OH excluding ortho intramolecular Hbond substituents is 1. The van der Waals surface area contributed by atoms with Crippen LogP contribution in [0.5, 0.6) is 17.2 Å². The molecule has 0 atom stereocenters. The summed E-state index contributed by atoms with van der Waals surface area (Å²) in [6.45, 7) is 8.00. The molecule has 1 N–H and O–H groups in total. The van der Waals surface area contributed by atoms with Gasteiger partial charge in [0.25, 0.3) is 0 Å². The first kappa shape index (κ1) is 18.4. The molecule has 21 heavy (non-hydrogen) atoms. The fourth-order valence-electron chi connectivity index (χ4n) is 1.31. The fourth-order valence-corrected chi connectivity index (χ4v) is 1.31. The van der Waals surface area contributed by atoms with E-state index in [0.29, 0.717) is 11.4 Å². The first-order valence-electron chi connectivity index (χ1n) is 6.90. The van der Waals surface area contributed by atoms with Crippen molar-refractivity contribution in [1.29, 1.82) is 0 Å². The van der Waals surface area contributed by atoms with Crippen molar-refractivity contribution >= 4 is 5.69 Å². The third-order valence-corrected chi connectivity index (χ3v) is 2.07. The van der Waals surface area contributed by atoms with Crippen molar-refractivity contribution < 1.29 is 9.84 Å². The van der Waals surface area contributed by atoms with Gasteiger partial charge in [-0.1, -0.05) is 51.0 Å². The van der Waals surface area contributed by atoms with E-state index in [9.17, 15) is 5.11 Å². The van der Waals surface area contributed by atoms with Gasteiger partial charge in [0.15, 0.2) is 11.5 Å². The summed E-state index contributed by atoms with van der Waals surface area (Å²) in [7, 11) is 0. The van der Waals surface area contributed by atoms with Gasteiger partial charge < -0.3 is 9.84 Å². The zero-order valence-electron chi connectivity index (χ0n) is 12.8. The summed E-state index contributed by atoms with van der Waals surface area (Å²) in [5, 5.41) is 13.0. The van der Waals surface area contributed by atoms with E-state index in [1.54, 1.807) is 12.1 Å². The molecule has 0 bridgehead atoms. The molecular formula is C16H21N3O2. The molecule has 0 fully saturated rings. The SMILES string of the molecule is CC.CC.[N-]=[N+]=Nc1ccc(O)c(Oc2ccccc2)c1. The highest BCUT2D eigenvalue weighted by Crippen LogP contribution is 2.33. The lowest BCUT2D eigenvalue weighted by molar-refractivity contribution is 0.411. The largest absolute Gasteiger partial charge is 0.504 e. The number of azide groups is 1. The Morgan fingerprint density at radius 1 is 1.00 bits per heavy atom. The Morgan fingerprint density at radius 3 is 2.19 bits per heavy atom. The summed E-state index contributed by atoms with van der Waals surface area (Å²) in [5.41, 5.74) is 8.71. The highest BCUT2D eigenvalue weighted by atomic mass is 16.5. The Morgan fingerprint density at radius 2 is 1.62 bits per heavy atom. The number of hydrogen-bond acceptors (Lipinski definition) is 3. The molecule has 2 rings (SSSR count). The van der Waals surface area contributed by atoms with Crippen molar-refractivity contribution in [2.75, 3.05) is 0 Å². The predicted molar refractivity (Wildman–Crippen MR) is 86.1 cm³/mol. The van der Waals surface area contributed by atoms with Gasteiger partial charge in [0.1, 0.15) is 5.75 Å². The summed E-state index contributed by atoms with van der Waals surface area (Å²) in [5.74, 6) is 0.840. The van der Waals surface area contributed by atoms with Crippen LogP contribution in [0, 0.1) is 0 Å². The molecule has 0 amide bonds. The molecule has 0 aromatic heterocycles. The first-order valence-corrected chi connectivity index (χ1v) is 6.90. The number of hydrogen-bond donors (Lipinski definition) is 1. The van der Waals surface area contributed by atoms with E-state index in [1.165, 1.54) is 18.2 Å². The fraction of sp³-hybridized carbons (Fsp3) is 0.250. The Kier molecular flexibility index (Phi) is 9.79. The Balaban J connectivity index is 0.000000921. The van der Waals surface area contributed by atoms with Crippen molar-refractivity contribution in [3.8, 4) is 17.2 Å². The lowest BCUT2D eigenvalue weighted by atomic mass is 10.3. The molecule has 0 saturated carbocycles. The van der Waals surface area contributed by atoms with Crippen molar-refractivity contribution in [2.24, 2.45) is 5.11 Å². The van der Waals surface area contributed by atoms with E-state index in [4.69, 9.17) is 10.3 Å². The molecule has 0 aliphatic carbocycles. The molecule has 5 nitrogen and oxygen atoms in total. The lowest BCUT2D eigenvalue weighted by Gasteiger charge is -2.07. The molecule has 0 aliphatic rings. The van der Waals surface area contributed by atoms with Crippen molar-refractivity contribution in [3.63, 3.8) is 0 Å². The number of benzene rings is 2. The topological polar surface area (TPSA) is 78.2 Å². The monoisotopic (exact) mass is 287 g/mol. The third kappa shape index (κ3) is 6.36. The van der Waals surface area contributed by atoms with E-state index >= 15 is 0 Å². The summed E-state index contributed by atoms with van der Waals surface area (Å²) < 4.78 is 5.46. The van der Waals surface area contributed by atoms with Crippen LogP contribution in [0.4, 0.5) is 5.69 Å². The number of ether oxygens (including phenoxy) is 1. The van der Waals surface area contributed by atoms with Crippen LogP contribution >= 0.6 is 0 Å². The van der Waals surface area contributed by atoms with Gasteiger partial charge in [-0.25, -0.2) is 0 Å². The van der Waals surface area contributed by atoms with Crippen molar-refractivity contribution in [3.05, 3.63) is 59.0 Å². The second-order valence-electron chi connectivity index (χ2n) is 3.26. The highest BCUT2D eigenvalue weighted by molar-refractivity contribution is 5.52. The summed E-state index contributed by atoms with van der Waals surface area (Å²) in [6.07, 6.45) is 0. The van der Waals surface area contributed by atoms with Crippen LogP contribution in [0.25, 0.3) is 10.4 Å². The van der Waals surface area contributed by atoms with Gasteiger partial charge in [0, 0.05) is 10.6 Å². The van der Waals surface area contributed by atoms with Crippen LogP contribution in [-0.2, 0) is 0 Å². The molecule has 0 radical (unpaired) electrons. The quantitative estimate of drug-likeness (QED) is 0.415. The first-order chi connectivity index (χ1) is 10.3. The molecule has 2 aromatic carbocycles. The van der Waals surface area contributed by atoms with Crippen LogP contribution in [-0.4, -0.2) is 5.11 Å². The zero-order valence-corrected chi connectivity index (χ0v) is 12.8. The smallest absolute Gasteiger partial charge is 0.169 e. The average Bonchev–Trinajstić information content (AvgIpc) is 2.56. The third-order valence-electron chi connectivity index (χ3n) is 2.07. The van der Waals surface area contributed by atoms with Crippen LogP contribution in [0.3, 0.4) is 0 Å². The minimum Gasteiger partial charge on any atom is -0.504 e. The van der Waals surface area contributed by atoms with Crippen LogP contribution in [0.2, 0.25) is 0 Å². The maximum Gasteiger partial charge on any atom is 0.169 e. The summed E-state index contributed by atoms with van der Waals surface area (Å²) in [4.78, 5) is 2.67. The Bertz CT molecular complexity index is 565. The van der Waals surface area contributed by atoms with Gasteiger partial charge in [-0.15, -0.1) is 0 Å². The number of phenols is 1. The van der Waals surface area contributed by atoms with E-state index in [1.807, 2.05) is 45.9 Å². The Labute approximate surface area is 125 Å². The predicted octanol–water partition coefficient (Wildman–Crippen LogP) is 6.18. The molecule has 5 heteroatoms. The summed E-state index contributed by atoms with van der Waals surface area (Å²) >= 11 is 0. The van der Waals surface area contributed by atoms with Gasteiger partial charge in [-0.3, -0.25) is 0 Å². The van der Waals surface area contributed by atoms with Gasteiger partial charge in [-0.05, 0) is 35.9 Å². The van der Waals surface area contributed by atoms with Crippen LogP contribution in [0.1, 0.15) is 27.7 Å². The second kappa shape index (κ2) is 11.2. The average molecular weight is 287 g/mol. The molecule has 112 valence electrons. The lowest BCUT2D eigenvalue weighted by Crippen LogP contribution is -1.83. The van der Waals surface area contributed by atoms with Gasteiger partial charge >= 0.3 is 0 Å². The van der Waals surface area contributed by atoms with Crippen molar-refractivity contribution in [1.82, 2.24) is 0 Å². The number of aromatic hydroxyl groups is 1. The molecule has 0 spiro atoms. The molecule has 0 heterocycles. The zero-order chi connectivity index (χ0) is 16.1. The molecule has 0 unspecified atom stereocenters. The number of nitrogens with zero attached hydrogens (tertiary/aromatic N) is 3. The number of rotatable bonds is 3. The van der Waals surface area contributed by atoms with Crippen molar-refractivity contribution in [2.45, 2.75) is 27.7 Å². The van der Waals surface area contributed by atoms with E-state index in [0.717, 1.165) is 0 Å². The highest BCUT2D eigenvalue weighted by Gasteiger charge is 2.04. The van der Waals surface area contributed by atoms with Gasteiger partial charge in [0.2, 0.25) is 0 Å². The maximum atomic E-state index is 9.60. The van der Waals surface area contributed by atoms with E-state index in [2.05, 4.69) is 10.0 Å². The normalized spacial score (nSPS) is 8.19. The minimum absolute atomic E-state index is 0.00857. The standard InChI is InChI=1S/C12H9N3O2.2C2H6/c13-15-14-9-6-7-11(16)12(8-9)17-10-4-2-1-3-5-10;2*1-2/h1-8,16H;2*1-2H3. The van der Waals surface area contributed by atoms with Gasteiger partial charge in [-0.2, -0.15) is 0 Å². The minimum atomic E-state index is -0.00857. The molecule has 2 aromatic rings. The summed E-state index contributed by atoms with van der Waals surface area (Å²) in [6, 6.07) is 13.4. The molecule has 0 aliphatic heterocycles. The molecule has 0 saturated heterocycles. The van der Waals surface area contributed by atoms with E-state index in [-0.39, 0.29) is 11.5 Å². The van der Waals surface area contributed by atoms with E-state index < -0.39 is 0 Å². The maximum absolute atomic E-state index is 9.60. The van der Waals surface area contributed by atoms with Crippen LogP contribution < -0.4 is 4.74 Å². The van der Waals surface area contributed by atoms with Gasteiger partial charge in [0.05, 0.1) is 0 Å². The Hall–Kier alpha value is -2.65. The second-order valence-corrected chi connectivity index (χ2v) is 3.26.